The molecule has 2 heterocycles. The minimum Gasteiger partial charge on any atom is -0.351 e. The second-order valence-corrected chi connectivity index (χ2v) is 6.07. The maximum absolute atomic E-state index is 12.4. The Kier molecular flexibility index (Phi) is 3.18. The Morgan fingerprint density at radius 1 is 1.27 bits per heavy atom. The van der Waals surface area contributed by atoms with Crippen LogP contribution in [0.5, 0.6) is 5.88 Å². The molecule has 0 bridgehead atoms. The average Bonchev–Trinajstić information content (AvgIpc) is 2.88. The van der Waals surface area contributed by atoms with Gasteiger partial charge in [-0.3, -0.25) is 4.40 Å². The lowest BCUT2D eigenvalue weighted by Crippen LogP contribution is -2.28. The summed E-state index contributed by atoms with van der Waals surface area (Å²) < 4.78 is 65.1. The Morgan fingerprint density at radius 2 is 2.00 bits per heavy atom. The highest BCUT2D eigenvalue weighted by atomic mass is 35.5. The molecule has 3 aromatic rings. The van der Waals surface area contributed by atoms with E-state index in [1.165, 1.54) is 22.9 Å². The van der Waals surface area contributed by atoms with Gasteiger partial charge < -0.3 is 4.18 Å². The minimum atomic E-state index is -5.86. The van der Waals surface area contributed by atoms with E-state index >= 15 is 0 Å². The van der Waals surface area contributed by atoms with Gasteiger partial charge >= 0.3 is 15.6 Å². The third-order valence-corrected chi connectivity index (χ3v) is 3.99. The van der Waals surface area contributed by atoms with Crippen LogP contribution in [-0.2, 0) is 10.1 Å². The lowest BCUT2D eigenvalue weighted by molar-refractivity contribution is -0.0500. The number of hydrogen-bond donors (Lipinski definition) is 0. The zero-order valence-corrected chi connectivity index (χ0v) is 11.9. The summed E-state index contributed by atoms with van der Waals surface area (Å²) in [7, 11) is -5.86. The van der Waals surface area contributed by atoms with Crippen LogP contribution in [0.15, 0.2) is 30.6 Å². The van der Waals surface area contributed by atoms with Crippen LogP contribution in [0.25, 0.3) is 16.7 Å². The topological polar surface area (TPSA) is 73.6 Å². The molecule has 2 aromatic heterocycles. The van der Waals surface area contributed by atoms with Gasteiger partial charge in [-0.25, -0.2) is 9.97 Å². The van der Waals surface area contributed by atoms with Gasteiger partial charge in [0, 0.05) is 12.4 Å². The highest BCUT2D eigenvalue weighted by Gasteiger charge is 2.49. The van der Waals surface area contributed by atoms with Crippen LogP contribution in [-0.4, -0.2) is 28.3 Å². The minimum absolute atomic E-state index is 0.0852. The summed E-state index contributed by atoms with van der Waals surface area (Å²) in [5.74, 6) is -0.803. The Hall–Kier alpha value is -2.07. The first-order valence-electron chi connectivity index (χ1n) is 5.63. The van der Waals surface area contributed by atoms with Crippen molar-refractivity contribution in [2.45, 2.75) is 5.51 Å². The lowest BCUT2D eigenvalue weighted by atomic mass is 10.3. The summed E-state index contributed by atoms with van der Waals surface area (Å²) in [5.41, 5.74) is -5.23. The third kappa shape index (κ3) is 2.24. The summed E-state index contributed by atoms with van der Waals surface area (Å²) >= 11 is 5.93. The molecule has 11 heteroatoms. The van der Waals surface area contributed by atoms with Crippen LogP contribution >= 0.6 is 11.6 Å². The number of nitrogens with zero attached hydrogens (tertiary/aromatic N) is 3. The zero-order chi connectivity index (χ0) is 16.1. The zero-order valence-electron chi connectivity index (χ0n) is 10.4. The molecular formula is C11H5ClF3N3O3S. The van der Waals surface area contributed by atoms with Gasteiger partial charge in [0.05, 0.1) is 10.5 Å². The first kappa shape index (κ1) is 14.9. The smallest absolute Gasteiger partial charge is 0.351 e. The molecule has 0 aliphatic heterocycles. The van der Waals surface area contributed by atoms with Crippen LogP contribution in [0.1, 0.15) is 0 Å². The van der Waals surface area contributed by atoms with Crippen molar-refractivity contribution in [3.05, 3.63) is 35.6 Å². The van der Waals surface area contributed by atoms with E-state index in [0.29, 0.717) is 5.52 Å². The van der Waals surface area contributed by atoms with E-state index in [0.717, 1.165) is 0 Å². The number of fused-ring (bicyclic) bond motifs is 3. The molecule has 0 N–H and O–H groups in total. The normalized spacial score (nSPS) is 12.9. The van der Waals surface area contributed by atoms with Gasteiger partial charge in [0.2, 0.25) is 5.65 Å². The quantitative estimate of drug-likeness (QED) is 0.524. The molecule has 0 unspecified atom stereocenters. The van der Waals surface area contributed by atoms with Crippen LogP contribution in [0, 0.1) is 0 Å². The highest BCUT2D eigenvalue weighted by molar-refractivity contribution is 7.88. The summed E-state index contributed by atoms with van der Waals surface area (Å²) in [5, 5.41) is 0.127. The van der Waals surface area contributed by atoms with Crippen molar-refractivity contribution in [1.82, 2.24) is 14.4 Å². The van der Waals surface area contributed by atoms with Gasteiger partial charge in [0.1, 0.15) is 5.52 Å². The predicted octanol–water partition coefficient (Wildman–Crippen LogP) is 2.76. The number of halogens is 4. The van der Waals surface area contributed by atoms with Crippen molar-refractivity contribution in [3.63, 3.8) is 0 Å². The fourth-order valence-electron chi connectivity index (χ4n) is 1.82. The van der Waals surface area contributed by atoms with Crippen LogP contribution in [0.4, 0.5) is 13.2 Å². The number of imidazole rings is 1. The average molecular weight is 352 g/mol. The standard InChI is InChI=1S/C11H5ClF3N3O3S/c12-6-2-1-3-7-8(6)17-10(9-16-4-5-18(7)9)21-22(19,20)11(13,14)15/h1-5H. The highest BCUT2D eigenvalue weighted by Crippen LogP contribution is 2.31. The molecule has 3 rings (SSSR count). The molecular weight excluding hydrogens is 347 g/mol. The van der Waals surface area contributed by atoms with E-state index < -0.39 is 21.5 Å². The second-order valence-electron chi connectivity index (χ2n) is 4.13. The van der Waals surface area contributed by atoms with Gasteiger partial charge in [-0.05, 0) is 12.1 Å². The number of alkyl halides is 3. The van der Waals surface area contributed by atoms with Gasteiger partial charge in [0.15, 0.2) is 0 Å². The molecule has 0 radical (unpaired) electrons. The molecule has 116 valence electrons. The number of para-hydroxylation sites is 1. The Morgan fingerprint density at radius 3 is 2.68 bits per heavy atom. The fourth-order valence-corrected chi connectivity index (χ4v) is 2.45. The van der Waals surface area contributed by atoms with E-state index in [2.05, 4.69) is 14.2 Å². The summed E-state index contributed by atoms with van der Waals surface area (Å²) in [6, 6.07) is 4.67. The molecule has 0 fully saturated rings. The van der Waals surface area contributed by atoms with Gasteiger partial charge in [-0.15, -0.1) is 0 Å². The maximum atomic E-state index is 12.4. The summed E-state index contributed by atoms with van der Waals surface area (Å²) in [6.07, 6.45) is 2.69. The number of aromatic nitrogens is 3. The van der Waals surface area contributed by atoms with E-state index in [-0.39, 0.29) is 16.2 Å². The molecule has 0 saturated heterocycles. The monoisotopic (exact) mass is 351 g/mol. The lowest BCUT2D eigenvalue weighted by Gasteiger charge is -2.11. The Labute approximate surface area is 126 Å². The van der Waals surface area contributed by atoms with Crippen molar-refractivity contribution in [3.8, 4) is 5.88 Å². The fraction of sp³-hybridized carbons (Fsp3) is 0.0909. The first-order chi connectivity index (χ1) is 10.2. The molecule has 0 atom stereocenters. The Balaban J connectivity index is 2.29. The number of hydrogen-bond acceptors (Lipinski definition) is 5. The largest absolute Gasteiger partial charge is 0.534 e. The van der Waals surface area contributed by atoms with E-state index in [1.54, 1.807) is 12.1 Å². The molecule has 0 aliphatic rings. The molecule has 0 aliphatic carbocycles. The van der Waals surface area contributed by atoms with Crippen molar-refractivity contribution >= 4 is 38.4 Å². The van der Waals surface area contributed by atoms with E-state index in [4.69, 9.17) is 11.6 Å². The second kappa shape index (κ2) is 4.71. The number of benzene rings is 1. The van der Waals surface area contributed by atoms with Crippen molar-refractivity contribution in [1.29, 1.82) is 0 Å². The van der Waals surface area contributed by atoms with E-state index in [1.807, 2.05) is 0 Å². The summed E-state index contributed by atoms with van der Waals surface area (Å²) in [6.45, 7) is 0. The van der Waals surface area contributed by atoms with Crippen LogP contribution in [0.3, 0.4) is 0 Å². The van der Waals surface area contributed by atoms with E-state index in [9.17, 15) is 21.6 Å². The SMILES string of the molecule is O=S(=O)(Oc1nc2c(Cl)cccc2n2ccnc12)C(F)(F)F. The van der Waals surface area contributed by atoms with Gasteiger partial charge in [-0.1, -0.05) is 17.7 Å². The molecule has 6 nitrogen and oxygen atoms in total. The molecule has 22 heavy (non-hydrogen) atoms. The Bertz CT molecular complexity index is 985. The van der Waals surface area contributed by atoms with Gasteiger partial charge in [-0.2, -0.15) is 21.6 Å². The molecule has 0 spiro atoms. The summed E-state index contributed by atoms with van der Waals surface area (Å²) in [4.78, 5) is 7.52. The first-order valence-corrected chi connectivity index (χ1v) is 7.41. The maximum Gasteiger partial charge on any atom is 0.534 e. The van der Waals surface area contributed by atoms with Gasteiger partial charge in [0.25, 0.3) is 5.88 Å². The molecule has 0 amide bonds. The van der Waals surface area contributed by atoms with Crippen LogP contribution < -0.4 is 4.18 Å². The van der Waals surface area contributed by atoms with Crippen molar-refractivity contribution < 1.29 is 25.8 Å². The molecule has 0 saturated carbocycles. The van der Waals surface area contributed by atoms with Crippen molar-refractivity contribution in [2.24, 2.45) is 0 Å². The van der Waals surface area contributed by atoms with Crippen molar-refractivity contribution in [2.75, 3.05) is 0 Å². The predicted molar refractivity (Wildman–Crippen MR) is 71.1 cm³/mol. The number of rotatable bonds is 2. The third-order valence-electron chi connectivity index (χ3n) is 2.74. The molecule has 1 aromatic carbocycles. The van der Waals surface area contributed by atoms with Crippen LogP contribution in [0.2, 0.25) is 5.02 Å².